The Morgan fingerprint density at radius 2 is 1.87 bits per heavy atom. The third kappa shape index (κ3) is 8.17. The van der Waals surface area contributed by atoms with Gasteiger partial charge in [0.05, 0.1) is 30.8 Å². The van der Waals surface area contributed by atoms with Crippen molar-refractivity contribution in [1.82, 2.24) is 9.62 Å². The number of alkyl carbamates (subject to hydrolysis) is 1. The van der Waals surface area contributed by atoms with Crippen molar-refractivity contribution < 1.29 is 37.3 Å². The van der Waals surface area contributed by atoms with E-state index in [0.717, 1.165) is 18.4 Å². The topological polar surface area (TPSA) is 131 Å². The van der Waals surface area contributed by atoms with Crippen LogP contribution < -0.4 is 10.1 Å². The Labute approximate surface area is 223 Å². The third-order valence-electron chi connectivity index (χ3n) is 6.30. The van der Waals surface area contributed by atoms with Crippen molar-refractivity contribution in [2.24, 2.45) is 0 Å². The number of carbonyl (C=O) groups is 2. The minimum atomic E-state index is -3.95. The fourth-order valence-electron chi connectivity index (χ4n) is 4.13. The van der Waals surface area contributed by atoms with E-state index in [9.17, 15) is 23.1 Å². The van der Waals surface area contributed by atoms with E-state index in [1.165, 1.54) is 23.5 Å². The summed E-state index contributed by atoms with van der Waals surface area (Å²) < 4.78 is 43.5. The van der Waals surface area contributed by atoms with Gasteiger partial charge in [-0.25, -0.2) is 18.0 Å². The zero-order valence-corrected chi connectivity index (χ0v) is 22.6. The number of nitrogens with one attached hydrogen (secondary N) is 1. The van der Waals surface area contributed by atoms with Crippen LogP contribution in [-0.4, -0.2) is 74.9 Å². The number of rotatable bonds is 14. The second-order valence-electron chi connectivity index (χ2n) is 9.10. The molecule has 1 saturated heterocycles. The standard InChI is InChI=1S/C27H36N2O8S/c1-3-4-8-16-29(38(33,34)22-13-11-21(35-2)12-14-22)19-24(30)23(18-20-9-6-5-7-10-20)28-27(32)37-25-15-17-36-26(25)31/h5-7,9-14,23-25,30H,3-4,8,15-19H2,1-2H3,(H,28,32)/t23-,24+,25?/m0/s1. The molecule has 3 atom stereocenters. The normalized spacial score (nSPS) is 17.1. The number of amides is 1. The summed E-state index contributed by atoms with van der Waals surface area (Å²) in [6, 6.07) is 14.4. The maximum absolute atomic E-state index is 13.5. The van der Waals surface area contributed by atoms with Gasteiger partial charge in [0.25, 0.3) is 0 Å². The Morgan fingerprint density at radius 1 is 1.16 bits per heavy atom. The molecule has 11 heteroatoms. The molecule has 1 amide bonds. The van der Waals surface area contributed by atoms with Crippen molar-refractivity contribution in [3.05, 3.63) is 60.2 Å². The molecule has 38 heavy (non-hydrogen) atoms. The van der Waals surface area contributed by atoms with Gasteiger partial charge in [-0.1, -0.05) is 50.1 Å². The lowest BCUT2D eigenvalue weighted by Crippen LogP contribution is -2.51. The molecule has 2 aromatic rings. The predicted octanol–water partition coefficient (Wildman–Crippen LogP) is 2.89. The molecule has 3 rings (SSSR count). The van der Waals surface area contributed by atoms with Gasteiger partial charge in [0.15, 0.2) is 0 Å². The second-order valence-corrected chi connectivity index (χ2v) is 11.0. The summed E-state index contributed by atoms with van der Waals surface area (Å²) in [5, 5.41) is 13.9. The number of esters is 1. The van der Waals surface area contributed by atoms with Gasteiger partial charge in [0.1, 0.15) is 5.75 Å². The maximum atomic E-state index is 13.5. The fourth-order valence-corrected chi connectivity index (χ4v) is 5.63. The molecule has 1 aliphatic heterocycles. The van der Waals surface area contributed by atoms with Crippen molar-refractivity contribution in [2.45, 2.75) is 62.2 Å². The number of unbranched alkanes of at least 4 members (excludes halogenated alkanes) is 2. The highest BCUT2D eigenvalue weighted by atomic mass is 32.2. The molecule has 10 nitrogen and oxygen atoms in total. The number of methoxy groups -OCH3 is 1. The van der Waals surface area contributed by atoms with Gasteiger partial charge in [-0.15, -0.1) is 0 Å². The summed E-state index contributed by atoms with van der Waals surface area (Å²) in [6.07, 6.45) is -0.363. The number of sulfonamides is 1. The second kappa shape index (κ2) is 14.1. The molecule has 2 aromatic carbocycles. The molecule has 208 valence electrons. The first-order valence-electron chi connectivity index (χ1n) is 12.7. The van der Waals surface area contributed by atoms with Crippen molar-refractivity contribution in [2.75, 3.05) is 26.8 Å². The smallest absolute Gasteiger partial charge is 0.408 e. The summed E-state index contributed by atoms with van der Waals surface area (Å²) in [5.74, 6) is -0.0914. The van der Waals surface area contributed by atoms with Gasteiger partial charge >= 0.3 is 12.1 Å². The van der Waals surface area contributed by atoms with Gasteiger partial charge in [0.2, 0.25) is 16.1 Å². The van der Waals surface area contributed by atoms with Gasteiger partial charge < -0.3 is 24.6 Å². The van der Waals surface area contributed by atoms with E-state index >= 15 is 0 Å². The molecule has 0 saturated carbocycles. The van der Waals surface area contributed by atoms with Crippen molar-refractivity contribution in [1.29, 1.82) is 0 Å². The largest absolute Gasteiger partial charge is 0.497 e. The Hall–Kier alpha value is -3.15. The number of aliphatic hydroxyl groups excluding tert-OH is 1. The van der Waals surface area contributed by atoms with Crippen LogP contribution in [0.3, 0.4) is 0 Å². The summed E-state index contributed by atoms with van der Waals surface area (Å²) in [7, 11) is -2.45. The van der Waals surface area contributed by atoms with Gasteiger partial charge in [-0.3, -0.25) is 0 Å². The zero-order valence-electron chi connectivity index (χ0n) is 21.7. The molecule has 2 N–H and O–H groups in total. The van der Waals surface area contributed by atoms with Crippen LogP contribution in [-0.2, 0) is 30.7 Å². The highest BCUT2D eigenvalue weighted by Crippen LogP contribution is 2.21. The summed E-state index contributed by atoms with van der Waals surface area (Å²) in [4.78, 5) is 24.4. The third-order valence-corrected chi connectivity index (χ3v) is 8.18. The first kappa shape index (κ1) is 29.4. The Bertz CT molecular complexity index is 1140. The van der Waals surface area contributed by atoms with Crippen molar-refractivity contribution in [3.8, 4) is 5.75 Å². The van der Waals surface area contributed by atoms with Crippen LogP contribution in [0.5, 0.6) is 5.75 Å². The number of ether oxygens (including phenoxy) is 3. The van der Waals surface area contributed by atoms with E-state index in [1.807, 2.05) is 37.3 Å². The molecule has 0 aliphatic carbocycles. The number of aliphatic hydroxyl groups is 1. The quantitative estimate of drug-likeness (QED) is 0.272. The molecule has 1 fully saturated rings. The summed E-state index contributed by atoms with van der Waals surface area (Å²) in [5.41, 5.74) is 0.827. The first-order chi connectivity index (χ1) is 18.2. The van der Waals surface area contributed by atoms with Crippen LogP contribution in [0.15, 0.2) is 59.5 Å². The minimum Gasteiger partial charge on any atom is -0.497 e. The SMILES string of the molecule is CCCCCN(C[C@@H](O)[C@H](Cc1ccccc1)NC(=O)OC1CCOC1=O)S(=O)(=O)c1ccc(OC)cc1. The molecule has 0 aromatic heterocycles. The Balaban J connectivity index is 1.80. The molecule has 1 heterocycles. The molecular formula is C27H36N2O8S. The van der Waals surface area contributed by atoms with Gasteiger partial charge in [0, 0.05) is 19.5 Å². The lowest BCUT2D eigenvalue weighted by molar-refractivity contribution is -0.144. The molecule has 0 bridgehead atoms. The number of nitrogens with zero attached hydrogens (tertiary/aromatic N) is 1. The van der Waals surface area contributed by atoms with Crippen LogP contribution in [0.4, 0.5) is 4.79 Å². The fraction of sp³-hybridized carbons (Fsp3) is 0.481. The Morgan fingerprint density at radius 3 is 2.47 bits per heavy atom. The van der Waals surface area contributed by atoms with E-state index in [1.54, 1.807) is 12.1 Å². The number of benzene rings is 2. The van der Waals surface area contributed by atoms with E-state index in [-0.39, 0.29) is 37.4 Å². The van der Waals surface area contributed by atoms with E-state index in [4.69, 9.17) is 14.2 Å². The predicted molar refractivity (Wildman–Crippen MR) is 140 cm³/mol. The lowest BCUT2D eigenvalue weighted by atomic mass is 10.0. The van der Waals surface area contributed by atoms with Crippen molar-refractivity contribution >= 4 is 22.1 Å². The number of carbonyl (C=O) groups excluding carboxylic acids is 2. The van der Waals surface area contributed by atoms with E-state index in [0.29, 0.717) is 12.2 Å². The Kier molecular flexibility index (Phi) is 10.9. The van der Waals surface area contributed by atoms with Crippen LogP contribution in [0.2, 0.25) is 0 Å². The summed E-state index contributed by atoms with van der Waals surface area (Å²) in [6.45, 7) is 2.14. The minimum absolute atomic E-state index is 0.0775. The molecule has 0 radical (unpaired) electrons. The molecular weight excluding hydrogens is 512 g/mol. The average molecular weight is 549 g/mol. The zero-order chi connectivity index (χ0) is 27.5. The average Bonchev–Trinajstić information content (AvgIpc) is 3.32. The van der Waals surface area contributed by atoms with Crippen LogP contribution >= 0.6 is 0 Å². The van der Waals surface area contributed by atoms with Crippen LogP contribution in [0.1, 0.15) is 38.2 Å². The molecule has 1 aliphatic rings. The van der Waals surface area contributed by atoms with E-state index in [2.05, 4.69) is 5.32 Å². The molecule has 1 unspecified atom stereocenters. The van der Waals surface area contributed by atoms with Crippen LogP contribution in [0, 0.1) is 0 Å². The maximum Gasteiger partial charge on any atom is 0.408 e. The number of cyclic esters (lactones) is 1. The summed E-state index contributed by atoms with van der Waals surface area (Å²) >= 11 is 0. The van der Waals surface area contributed by atoms with Gasteiger partial charge in [-0.2, -0.15) is 4.31 Å². The first-order valence-corrected chi connectivity index (χ1v) is 14.2. The highest BCUT2D eigenvalue weighted by molar-refractivity contribution is 7.89. The number of hydrogen-bond acceptors (Lipinski definition) is 8. The molecule has 0 spiro atoms. The number of hydrogen-bond donors (Lipinski definition) is 2. The monoisotopic (exact) mass is 548 g/mol. The van der Waals surface area contributed by atoms with Gasteiger partial charge in [-0.05, 0) is 42.7 Å². The highest BCUT2D eigenvalue weighted by Gasteiger charge is 2.34. The van der Waals surface area contributed by atoms with Crippen LogP contribution in [0.25, 0.3) is 0 Å². The van der Waals surface area contributed by atoms with Crippen molar-refractivity contribution in [3.63, 3.8) is 0 Å². The van der Waals surface area contributed by atoms with E-state index < -0.39 is 40.3 Å². The lowest BCUT2D eigenvalue weighted by Gasteiger charge is -2.30.